The molecule has 1 N–H and O–H groups in total. The number of halogens is 1. The number of nitrogens with zero attached hydrogens (tertiary/aromatic N) is 6. The van der Waals surface area contributed by atoms with Crippen molar-refractivity contribution in [2.75, 3.05) is 38.2 Å². The van der Waals surface area contributed by atoms with Crippen molar-refractivity contribution in [3.05, 3.63) is 52.9 Å². The largest absolute Gasteiger partial charge is 0.497 e. The van der Waals surface area contributed by atoms with Crippen LogP contribution in [0.25, 0.3) is 5.52 Å². The number of pyridine rings is 1. The molecule has 1 aliphatic carbocycles. The van der Waals surface area contributed by atoms with E-state index in [0.29, 0.717) is 56.2 Å². The second-order valence-corrected chi connectivity index (χ2v) is 13.0. The number of fused-ring (bicyclic) bond motifs is 1. The first-order valence-corrected chi connectivity index (χ1v) is 15.3. The third kappa shape index (κ3) is 5.26. The Bertz CT molecular complexity index is 1690. The molecule has 2 aromatic heterocycles. The zero-order valence-corrected chi connectivity index (χ0v) is 25.0. The molecule has 1 amide bonds. The summed E-state index contributed by atoms with van der Waals surface area (Å²) in [5.74, 6) is -0.564. The van der Waals surface area contributed by atoms with Gasteiger partial charge in [-0.3, -0.25) is 9.20 Å². The van der Waals surface area contributed by atoms with Gasteiger partial charge in [-0.1, -0.05) is 26.0 Å². The Balaban J connectivity index is 1.60. The number of methoxy groups -OCH3 is 1. The lowest BCUT2D eigenvalue weighted by Crippen LogP contribution is -2.50. The number of benzene rings is 1. The monoisotopic (exact) mass is 614 g/mol. The molecule has 1 aliphatic heterocycles. The zero-order valence-electron chi connectivity index (χ0n) is 23.4. The second kappa shape index (κ2) is 11.1. The van der Waals surface area contributed by atoms with Gasteiger partial charge in [0.05, 0.1) is 23.6 Å². The van der Waals surface area contributed by atoms with E-state index in [2.05, 4.69) is 11.1 Å². The minimum atomic E-state index is -4.33. The fourth-order valence-electron chi connectivity index (χ4n) is 5.21. The van der Waals surface area contributed by atoms with Crippen LogP contribution in [-0.2, 0) is 21.4 Å². The molecule has 3 heterocycles. The van der Waals surface area contributed by atoms with Gasteiger partial charge in [-0.15, -0.1) is 0 Å². The average molecular weight is 615 g/mol. The highest BCUT2D eigenvalue weighted by atomic mass is 35.5. The maximum absolute atomic E-state index is 14.4. The van der Waals surface area contributed by atoms with Crippen LogP contribution in [0.15, 0.2) is 41.3 Å². The number of anilines is 1. The molecule has 0 radical (unpaired) electrons. The predicted molar refractivity (Wildman–Crippen MR) is 154 cm³/mol. The van der Waals surface area contributed by atoms with Crippen LogP contribution < -0.4 is 9.64 Å². The third-order valence-electron chi connectivity index (χ3n) is 7.75. The van der Waals surface area contributed by atoms with Crippen molar-refractivity contribution in [1.82, 2.24) is 18.6 Å². The molecular formula is C28H31ClN6O6S. The first-order chi connectivity index (χ1) is 19.9. The number of carbonyl (C=O) groups excluding carboxylic acids is 1. The van der Waals surface area contributed by atoms with E-state index in [-0.39, 0.29) is 34.1 Å². The van der Waals surface area contributed by atoms with Crippen LogP contribution in [-0.4, -0.2) is 82.8 Å². The molecule has 1 saturated heterocycles. The molecular weight excluding hydrogens is 584 g/mol. The van der Waals surface area contributed by atoms with E-state index < -0.39 is 27.2 Å². The number of rotatable bonds is 9. The fraction of sp³-hybridized carbons (Fsp3) is 0.429. The second-order valence-electron chi connectivity index (χ2n) is 10.8. The van der Waals surface area contributed by atoms with E-state index >= 15 is 0 Å². The Morgan fingerprint density at radius 2 is 1.81 bits per heavy atom. The summed E-state index contributed by atoms with van der Waals surface area (Å²) in [5, 5.41) is 19.8. The molecule has 2 aliphatic rings. The molecule has 222 valence electrons. The van der Waals surface area contributed by atoms with Crippen molar-refractivity contribution in [2.45, 2.75) is 43.7 Å². The van der Waals surface area contributed by atoms with Gasteiger partial charge in [0.1, 0.15) is 17.1 Å². The molecule has 14 heteroatoms. The summed E-state index contributed by atoms with van der Waals surface area (Å²) in [4.78, 5) is 32.1. The summed E-state index contributed by atoms with van der Waals surface area (Å²) in [6.45, 7) is 5.12. The summed E-state index contributed by atoms with van der Waals surface area (Å²) in [6, 6.07) is 11.8. The van der Waals surface area contributed by atoms with Crippen molar-refractivity contribution in [3.8, 4) is 11.8 Å². The minimum absolute atomic E-state index is 0.00969. The highest BCUT2D eigenvalue weighted by Gasteiger charge is 2.54. The molecule has 42 heavy (non-hydrogen) atoms. The summed E-state index contributed by atoms with van der Waals surface area (Å²) in [6.07, 6.45) is 0.747. The van der Waals surface area contributed by atoms with Crippen molar-refractivity contribution in [1.29, 1.82) is 5.26 Å². The lowest BCUT2D eigenvalue weighted by molar-refractivity contribution is -0.134. The van der Waals surface area contributed by atoms with Crippen molar-refractivity contribution in [3.63, 3.8) is 0 Å². The molecule has 0 spiro atoms. The van der Waals surface area contributed by atoms with Gasteiger partial charge in [0.25, 0.3) is 0 Å². The number of nitriles is 1. The topological polar surface area (TPSA) is 149 Å². The SMILES string of the molecule is COc1ccc(CN(C2(C#N)CC2)S(=O)(=O)c2cc(N3CCN(C(=O)C(C)C)CC3)n3c(Cl)nc(C(=O)O)c3c2)cc1. The summed E-state index contributed by atoms with van der Waals surface area (Å²) < 4.78 is 36.5. The number of aromatic carboxylic acids is 1. The first kappa shape index (κ1) is 29.6. The average Bonchev–Trinajstić information content (AvgIpc) is 3.70. The number of hydrogen-bond acceptors (Lipinski definition) is 8. The predicted octanol–water partition coefficient (Wildman–Crippen LogP) is 3.25. The standard InChI is InChI=1S/C28H31ClN6O6S/c1-18(2)25(36)33-12-10-32(11-13-33)23-15-21(14-22-24(26(37)38)31-27(29)35(22)23)42(39,40)34(28(17-30)8-9-28)16-19-4-6-20(41-3)7-5-19/h4-7,14-15,18H,8-13,16H2,1-3H3,(H,37,38). The molecule has 3 aromatic rings. The minimum Gasteiger partial charge on any atom is -0.497 e. The van der Waals surface area contributed by atoms with Crippen LogP contribution in [0.3, 0.4) is 0 Å². The Labute approximate surface area is 248 Å². The maximum atomic E-state index is 14.4. The van der Waals surface area contributed by atoms with Crippen LogP contribution in [0.2, 0.25) is 5.28 Å². The van der Waals surface area contributed by atoms with Crippen molar-refractivity contribution >= 4 is 44.8 Å². The lowest BCUT2D eigenvalue weighted by atomic mass is 10.1. The van der Waals surface area contributed by atoms with Crippen molar-refractivity contribution < 1.29 is 27.9 Å². The number of imidazole rings is 1. The van der Waals surface area contributed by atoms with Gasteiger partial charge in [0.2, 0.25) is 21.2 Å². The maximum Gasteiger partial charge on any atom is 0.356 e. The Morgan fingerprint density at radius 1 is 1.17 bits per heavy atom. The first-order valence-electron chi connectivity index (χ1n) is 13.5. The van der Waals surface area contributed by atoms with Crippen LogP contribution in [0.5, 0.6) is 5.75 Å². The van der Waals surface area contributed by atoms with Gasteiger partial charge in [-0.2, -0.15) is 9.57 Å². The van der Waals surface area contributed by atoms with E-state index in [1.165, 1.54) is 27.9 Å². The Morgan fingerprint density at radius 3 is 2.33 bits per heavy atom. The number of piperazine rings is 1. The summed E-state index contributed by atoms with van der Waals surface area (Å²) >= 11 is 6.42. The quantitative estimate of drug-likeness (QED) is 0.383. The van der Waals surface area contributed by atoms with E-state index in [0.717, 1.165) is 0 Å². The lowest BCUT2D eigenvalue weighted by Gasteiger charge is -2.37. The molecule has 0 unspecified atom stereocenters. The van der Waals surface area contributed by atoms with E-state index in [9.17, 15) is 28.4 Å². The number of aromatic nitrogens is 2. The highest BCUT2D eigenvalue weighted by Crippen LogP contribution is 2.45. The number of amides is 1. The van der Waals surface area contributed by atoms with Crippen LogP contribution in [0, 0.1) is 17.2 Å². The molecule has 2 fully saturated rings. The molecule has 5 rings (SSSR count). The van der Waals surface area contributed by atoms with Crippen LogP contribution in [0.4, 0.5) is 5.82 Å². The van der Waals surface area contributed by atoms with E-state index in [1.54, 1.807) is 29.2 Å². The van der Waals surface area contributed by atoms with Gasteiger partial charge in [-0.25, -0.2) is 18.2 Å². The number of carboxylic acid groups (broad SMARTS) is 1. The summed E-state index contributed by atoms with van der Waals surface area (Å²) in [5.41, 5.74) is -0.946. The number of ether oxygens (including phenoxy) is 1. The Kier molecular flexibility index (Phi) is 7.82. The van der Waals surface area contributed by atoms with Gasteiger partial charge >= 0.3 is 5.97 Å². The number of carbonyl (C=O) groups is 2. The molecule has 0 atom stereocenters. The molecule has 1 aromatic carbocycles. The number of hydrogen-bond donors (Lipinski definition) is 1. The fourth-order valence-corrected chi connectivity index (χ4v) is 7.24. The zero-order chi connectivity index (χ0) is 30.4. The smallest absolute Gasteiger partial charge is 0.356 e. The van der Waals surface area contributed by atoms with Gasteiger partial charge in [0.15, 0.2) is 5.69 Å². The van der Waals surface area contributed by atoms with Gasteiger partial charge in [-0.05, 0) is 54.3 Å². The molecule has 12 nitrogen and oxygen atoms in total. The highest BCUT2D eigenvalue weighted by molar-refractivity contribution is 7.89. The third-order valence-corrected chi connectivity index (χ3v) is 9.89. The van der Waals surface area contributed by atoms with Gasteiger partial charge < -0.3 is 19.6 Å². The molecule has 0 bridgehead atoms. The van der Waals surface area contributed by atoms with E-state index in [1.807, 2.05) is 18.7 Å². The van der Waals surface area contributed by atoms with Crippen LogP contribution in [0.1, 0.15) is 42.7 Å². The Hall–Kier alpha value is -3.86. The van der Waals surface area contributed by atoms with Gasteiger partial charge in [0, 0.05) is 38.6 Å². The summed E-state index contributed by atoms with van der Waals surface area (Å²) in [7, 11) is -2.80. The van der Waals surface area contributed by atoms with E-state index in [4.69, 9.17) is 16.3 Å². The normalized spacial score (nSPS) is 16.6. The molecule has 1 saturated carbocycles. The number of carboxylic acids is 1. The van der Waals surface area contributed by atoms with Crippen LogP contribution >= 0.6 is 11.6 Å². The van der Waals surface area contributed by atoms with Crippen molar-refractivity contribution in [2.24, 2.45) is 5.92 Å². The number of sulfonamides is 1.